The Hall–Kier alpha value is -1.64. The van der Waals surface area contributed by atoms with Crippen molar-refractivity contribution in [1.29, 1.82) is 0 Å². The van der Waals surface area contributed by atoms with Gasteiger partial charge in [-0.15, -0.1) is 0 Å². The highest BCUT2D eigenvalue weighted by molar-refractivity contribution is 6.31. The molecule has 0 saturated carbocycles. The number of carbonyl (C=O) groups is 1. The Kier molecular flexibility index (Phi) is 3.36. The molecule has 2 aromatic rings. The van der Waals surface area contributed by atoms with E-state index in [0.29, 0.717) is 0 Å². The van der Waals surface area contributed by atoms with E-state index >= 15 is 0 Å². The fourth-order valence-corrected chi connectivity index (χ4v) is 2.89. The van der Waals surface area contributed by atoms with Crippen LogP contribution in [0.5, 0.6) is 0 Å². The molecule has 0 bridgehead atoms. The number of halogens is 1. The highest BCUT2D eigenvalue weighted by Gasteiger charge is 2.30. The van der Waals surface area contributed by atoms with E-state index in [1.807, 2.05) is 36.4 Å². The molecule has 0 N–H and O–H groups in total. The zero-order valence-corrected chi connectivity index (χ0v) is 11.2. The predicted molar refractivity (Wildman–Crippen MR) is 75.9 cm³/mol. The summed E-state index contributed by atoms with van der Waals surface area (Å²) in [4.78, 5) is 13.5. The summed E-state index contributed by atoms with van der Waals surface area (Å²) in [5, 5.41) is 0.750. The van der Waals surface area contributed by atoms with Gasteiger partial charge in [0.1, 0.15) is 6.29 Å². The molecule has 2 aromatic carbocycles. The van der Waals surface area contributed by atoms with E-state index in [1.54, 1.807) is 0 Å². The lowest BCUT2D eigenvalue weighted by Crippen LogP contribution is -2.22. The third kappa shape index (κ3) is 2.29. The van der Waals surface area contributed by atoms with Crippen LogP contribution in [0.3, 0.4) is 0 Å². The van der Waals surface area contributed by atoms with Gasteiger partial charge in [-0.25, -0.2) is 0 Å². The summed E-state index contributed by atoms with van der Waals surface area (Å²) in [5.41, 5.74) is 3.33. The van der Waals surface area contributed by atoms with Crippen LogP contribution in [0.15, 0.2) is 48.5 Å². The third-order valence-corrected chi connectivity index (χ3v) is 3.94. The van der Waals surface area contributed by atoms with Crippen LogP contribution in [0.4, 0.5) is 0 Å². The lowest BCUT2D eigenvalue weighted by Gasteiger charge is -2.20. The molecule has 1 heterocycles. The summed E-state index contributed by atoms with van der Waals surface area (Å²) in [6.45, 7) is 1.49. The molecule has 0 spiro atoms. The molecule has 1 atom stereocenters. The van der Waals surface area contributed by atoms with Crippen molar-refractivity contribution in [2.75, 3.05) is 0 Å². The number of nitrogens with zero attached hydrogens (tertiary/aromatic N) is 1. The van der Waals surface area contributed by atoms with Gasteiger partial charge in [0.25, 0.3) is 0 Å². The molecule has 2 nitrogen and oxygen atoms in total. The summed E-state index contributed by atoms with van der Waals surface area (Å²) in [6.07, 6.45) is 1.01. The molecular formula is C16H14ClNO. The molecule has 0 aliphatic carbocycles. The van der Waals surface area contributed by atoms with Crippen LogP contribution in [0.25, 0.3) is 0 Å². The molecule has 1 aliphatic heterocycles. The quantitative estimate of drug-likeness (QED) is 0.795. The SMILES string of the molecule is O=CC1c2cccc(Cl)c2CN1Cc1ccccc1. The summed E-state index contributed by atoms with van der Waals surface area (Å²) < 4.78 is 0. The van der Waals surface area contributed by atoms with E-state index < -0.39 is 0 Å². The third-order valence-electron chi connectivity index (χ3n) is 3.59. The number of carbonyl (C=O) groups excluding carboxylic acids is 1. The van der Waals surface area contributed by atoms with Crippen LogP contribution < -0.4 is 0 Å². The Morgan fingerprint density at radius 3 is 2.68 bits per heavy atom. The molecule has 3 heteroatoms. The number of hydrogen-bond acceptors (Lipinski definition) is 2. The molecule has 0 radical (unpaired) electrons. The van der Waals surface area contributed by atoms with Crippen molar-refractivity contribution in [1.82, 2.24) is 4.90 Å². The number of aldehydes is 1. The van der Waals surface area contributed by atoms with Crippen molar-refractivity contribution < 1.29 is 4.79 Å². The number of fused-ring (bicyclic) bond motifs is 1. The molecular weight excluding hydrogens is 258 g/mol. The van der Waals surface area contributed by atoms with Crippen molar-refractivity contribution in [3.8, 4) is 0 Å². The highest BCUT2D eigenvalue weighted by Crippen LogP contribution is 2.37. The first kappa shape index (κ1) is 12.4. The van der Waals surface area contributed by atoms with Crippen LogP contribution in [0, 0.1) is 0 Å². The lowest BCUT2D eigenvalue weighted by molar-refractivity contribution is -0.112. The van der Waals surface area contributed by atoms with E-state index in [9.17, 15) is 4.79 Å². The Morgan fingerprint density at radius 1 is 1.16 bits per heavy atom. The summed E-state index contributed by atoms with van der Waals surface area (Å²) in [5.74, 6) is 0. The van der Waals surface area contributed by atoms with E-state index in [0.717, 1.165) is 35.5 Å². The van der Waals surface area contributed by atoms with Gasteiger partial charge in [0.05, 0.1) is 6.04 Å². The topological polar surface area (TPSA) is 20.3 Å². The average molecular weight is 272 g/mol. The summed E-state index contributed by atoms with van der Waals surface area (Å²) in [7, 11) is 0. The summed E-state index contributed by atoms with van der Waals surface area (Å²) in [6, 6.07) is 15.8. The monoisotopic (exact) mass is 271 g/mol. The Labute approximate surface area is 117 Å². The van der Waals surface area contributed by atoms with E-state index in [1.165, 1.54) is 5.56 Å². The predicted octanol–water partition coefficient (Wildman–Crippen LogP) is 3.60. The standard InChI is InChI=1S/C16H14ClNO/c17-15-8-4-7-13-14(15)10-18(16(13)11-19)9-12-5-2-1-3-6-12/h1-8,11,16H,9-10H2. The van der Waals surface area contributed by atoms with Crippen LogP contribution in [-0.4, -0.2) is 11.2 Å². The van der Waals surface area contributed by atoms with Crippen molar-refractivity contribution in [3.05, 3.63) is 70.2 Å². The van der Waals surface area contributed by atoms with Gasteiger partial charge >= 0.3 is 0 Å². The second-order valence-corrected chi connectivity index (χ2v) is 5.19. The van der Waals surface area contributed by atoms with Crippen molar-refractivity contribution in [2.24, 2.45) is 0 Å². The number of benzene rings is 2. The Morgan fingerprint density at radius 2 is 1.95 bits per heavy atom. The molecule has 1 unspecified atom stereocenters. The normalized spacial score (nSPS) is 18.3. The second kappa shape index (κ2) is 5.16. The summed E-state index contributed by atoms with van der Waals surface area (Å²) >= 11 is 6.22. The molecule has 0 aromatic heterocycles. The minimum Gasteiger partial charge on any atom is -0.301 e. The van der Waals surface area contributed by atoms with E-state index in [2.05, 4.69) is 17.0 Å². The van der Waals surface area contributed by atoms with Crippen LogP contribution in [0.1, 0.15) is 22.7 Å². The second-order valence-electron chi connectivity index (χ2n) is 4.78. The van der Waals surface area contributed by atoms with Crippen LogP contribution in [-0.2, 0) is 17.9 Å². The van der Waals surface area contributed by atoms with Gasteiger partial charge in [-0.3, -0.25) is 4.90 Å². The number of rotatable bonds is 3. The first-order valence-electron chi connectivity index (χ1n) is 6.30. The van der Waals surface area contributed by atoms with Gasteiger partial charge < -0.3 is 4.79 Å². The maximum atomic E-state index is 11.4. The fraction of sp³-hybridized carbons (Fsp3) is 0.188. The molecule has 1 aliphatic rings. The Bertz CT molecular complexity index is 597. The number of hydrogen-bond donors (Lipinski definition) is 0. The van der Waals surface area contributed by atoms with E-state index in [-0.39, 0.29) is 6.04 Å². The van der Waals surface area contributed by atoms with Gasteiger partial charge in [-0.1, -0.05) is 54.1 Å². The van der Waals surface area contributed by atoms with Crippen molar-refractivity contribution >= 4 is 17.9 Å². The highest BCUT2D eigenvalue weighted by atomic mass is 35.5. The lowest BCUT2D eigenvalue weighted by atomic mass is 10.1. The fourth-order valence-electron chi connectivity index (χ4n) is 2.65. The molecule has 0 amide bonds. The van der Waals surface area contributed by atoms with Gasteiger partial charge in [-0.05, 0) is 22.8 Å². The minimum atomic E-state index is -0.186. The Balaban J connectivity index is 1.90. The maximum absolute atomic E-state index is 11.4. The molecule has 3 rings (SSSR count). The smallest absolute Gasteiger partial charge is 0.141 e. The zero-order chi connectivity index (χ0) is 13.2. The largest absolute Gasteiger partial charge is 0.301 e. The van der Waals surface area contributed by atoms with Gasteiger partial charge in [-0.2, -0.15) is 0 Å². The minimum absolute atomic E-state index is 0.186. The van der Waals surface area contributed by atoms with Crippen molar-refractivity contribution in [3.63, 3.8) is 0 Å². The van der Waals surface area contributed by atoms with Gasteiger partial charge in [0, 0.05) is 18.1 Å². The molecule has 0 fully saturated rings. The van der Waals surface area contributed by atoms with Crippen LogP contribution >= 0.6 is 11.6 Å². The first-order chi connectivity index (χ1) is 9.29. The molecule has 0 saturated heterocycles. The molecule has 19 heavy (non-hydrogen) atoms. The van der Waals surface area contributed by atoms with E-state index in [4.69, 9.17) is 11.6 Å². The first-order valence-corrected chi connectivity index (χ1v) is 6.68. The average Bonchev–Trinajstić information content (AvgIpc) is 2.79. The van der Waals surface area contributed by atoms with Crippen molar-refractivity contribution in [2.45, 2.75) is 19.1 Å². The van der Waals surface area contributed by atoms with Gasteiger partial charge in [0.2, 0.25) is 0 Å². The maximum Gasteiger partial charge on any atom is 0.141 e. The van der Waals surface area contributed by atoms with Gasteiger partial charge in [0.15, 0.2) is 0 Å². The van der Waals surface area contributed by atoms with Crippen LogP contribution in [0.2, 0.25) is 5.02 Å². The zero-order valence-electron chi connectivity index (χ0n) is 10.4. The molecule has 96 valence electrons.